The number of nitrogens with zero attached hydrogens (tertiary/aromatic N) is 3. The largest absolute Gasteiger partial charge is 0.341 e. The highest BCUT2D eigenvalue weighted by atomic mass is 16.2. The molecule has 0 bridgehead atoms. The van der Waals surface area contributed by atoms with Crippen LogP contribution in [0.15, 0.2) is 42.7 Å². The van der Waals surface area contributed by atoms with Gasteiger partial charge in [0.25, 0.3) is 5.91 Å². The number of hydrogen-bond donors (Lipinski definition) is 1. The van der Waals surface area contributed by atoms with Crippen LogP contribution in [-0.2, 0) is 4.79 Å². The lowest BCUT2D eigenvalue weighted by atomic mass is 10.2. The van der Waals surface area contributed by atoms with Crippen molar-refractivity contribution in [3.8, 4) is 12.3 Å². The van der Waals surface area contributed by atoms with Crippen LogP contribution in [0, 0.1) is 12.3 Å². The maximum absolute atomic E-state index is 12.4. The Bertz CT molecular complexity index is 620. The zero-order valence-electron chi connectivity index (χ0n) is 10.6. The first-order valence-electron chi connectivity index (χ1n) is 6.08. The maximum Gasteiger partial charge on any atom is 0.341 e. The molecule has 1 N–H and O–H groups in total. The Balaban J connectivity index is 1.88. The Hall–Kier alpha value is -2.78. The first-order valence-corrected chi connectivity index (χ1v) is 6.08. The molecule has 2 heterocycles. The third-order valence-electron chi connectivity index (χ3n) is 3.14. The second-order valence-corrected chi connectivity index (χ2v) is 4.35. The van der Waals surface area contributed by atoms with Crippen LogP contribution in [0.5, 0.6) is 0 Å². The van der Waals surface area contributed by atoms with Crippen LogP contribution in [0.2, 0.25) is 0 Å². The first kappa shape index (κ1) is 12.3. The number of benzene rings is 1. The van der Waals surface area contributed by atoms with E-state index in [2.05, 4.69) is 11.3 Å². The molecule has 1 unspecified atom stereocenters. The number of para-hydroxylation sites is 1. The Morgan fingerprint density at radius 1 is 1.20 bits per heavy atom. The van der Waals surface area contributed by atoms with Gasteiger partial charge in [0.15, 0.2) is 6.17 Å². The van der Waals surface area contributed by atoms with Gasteiger partial charge in [-0.3, -0.25) is 14.6 Å². The third-order valence-corrected chi connectivity index (χ3v) is 3.14. The van der Waals surface area contributed by atoms with Crippen molar-refractivity contribution >= 4 is 17.6 Å². The van der Waals surface area contributed by atoms with Crippen molar-refractivity contribution in [2.45, 2.75) is 6.17 Å². The van der Waals surface area contributed by atoms with Gasteiger partial charge >= 0.3 is 6.03 Å². The van der Waals surface area contributed by atoms with Crippen LogP contribution >= 0.6 is 0 Å². The SMILES string of the molecule is C#CCN1NC2C(=O)N(c3ccccc3)C=CN2C1=O. The van der Waals surface area contributed by atoms with Crippen LogP contribution in [0.25, 0.3) is 0 Å². The molecule has 1 saturated heterocycles. The Morgan fingerprint density at radius 3 is 2.65 bits per heavy atom. The van der Waals surface area contributed by atoms with Gasteiger partial charge in [-0.05, 0) is 12.1 Å². The molecular formula is C14H12N4O2. The highest BCUT2D eigenvalue weighted by Crippen LogP contribution is 2.23. The highest BCUT2D eigenvalue weighted by molar-refractivity contribution is 6.02. The second kappa shape index (κ2) is 4.72. The summed E-state index contributed by atoms with van der Waals surface area (Å²) in [6.07, 6.45) is 7.60. The molecule has 0 radical (unpaired) electrons. The normalized spacial score (nSPS) is 21.1. The van der Waals surface area contributed by atoms with E-state index in [0.29, 0.717) is 0 Å². The average molecular weight is 268 g/mol. The third kappa shape index (κ3) is 1.81. The Labute approximate surface area is 116 Å². The van der Waals surface area contributed by atoms with E-state index in [1.807, 2.05) is 30.3 Å². The Kier molecular flexibility index (Phi) is 2.89. The fourth-order valence-corrected chi connectivity index (χ4v) is 2.19. The number of hydrogen-bond acceptors (Lipinski definition) is 3. The zero-order valence-corrected chi connectivity index (χ0v) is 10.6. The topological polar surface area (TPSA) is 55.9 Å². The minimum atomic E-state index is -0.749. The summed E-state index contributed by atoms with van der Waals surface area (Å²) in [4.78, 5) is 27.3. The number of hydrazine groups is 1. The summed E-state index contributed by atoms with van der Waals surface area (Å²) in [6, 6.07) is 8.90. The summed E-state index contributed by atoms with van der Waals surface area (Å²) >= 11 is 0. The molecule has 2 aliphatic heterocycles. The van der Waals surface area contributed by atoms with Gasteiger partial charge in [0.2, 0.25) is 0 Å². The van der Waals surface area contributed by atoms with Gasteiger partial charge in [0.05, 0.1) is 6.54 Å². The van der Waals surface area contributed by atoms with Crippen molar-refractivity contribution in [2.75, 3.05) is 11.4 Å². The number of urea groups is 1. The molecule has 6 nitrogen and oxygen atoms in total. The number of rotatable bonds is 2. The van der Waals surface area contributed by atoms with Gasteiger partial charge < -0.3 is 0 Å². The van der Waals surface area contributed by atoms with E-state index in [9.17, 15) is 9.59 Å². The summed E-state index contributed by atoms with van der Waals surface area (Å²) in [5, 5.41) is 1.25. The fourth-order valence-electron chi connectivity index (χ4n) is 2.19. The van der Waals surface area contributed by atoms with E-state index < -0.39 is 6.17 Å². The van der Waals surface area contributed by atoms with Crippen molar-refractivity contribution in [3.05, 3.63) is 42.7 Å². The minimum absolute atomic E-state index is 0.109. The number of amides is 3. The molecule has 2 aliphatic rings. The molecule has 0 aliphatic carbocycles. The summed E-state index contributed by atoms with van der Waals surface area (Å²) in [5.41, 5.74) is 3.57. The molecule has 20 heavy (non-hydrogen) atoms. The number of carbonyl (C=O) groups is 2. The lowest BCUT2D eigenvalue weighted by Gasteiger charge is -2.29. The monoisotopic (exact) mass is 268 g/mol. The summed E-state index contributed by atoms with van der Waals surface area (Å²) in [5.74, 6) is 2.14. The number of anilines is 1. The van der Waals surface area contributed by atoms with Crippen LogP contribution in [-0.4, -0.2) is 34.6 Å². The number of nitrogens with one attached hydrogen (secondary N) is 1. The van der Waals surface area contributed by atoms with Crippen LogP contribution in [0.3, 0.4) is 0 Å². The Morgan fingerprint density at radius 2 is 1.95 bits per heavy atom. The van der Waals surface area contributed by atoms with Crippen LogP contribution < -0.4 is 10.3 Å². The maximum atomic E-state index is 12.4. The van der Waals surface area contributed by atoms with Gasteiger partial charge in [-0.15, -0.1) is 6.42 Å². The molecule has 3 amide bonds. The number of carbonyl (C=O) groups excluding carboxylic acids is 2. The van der Waals surface area contributed by atoms with Crippen LogP contribution in [0.1, 0.15) is 0 Å². The molecule has 0 spiro atoms. The predicted octanol–water partition coefficient (Wildman–Crippen LogP) is 0.706. The van der Waals surface area contributed by atoms with E-state index in [4.69, 9.17) is 6.42 Å². The van der Waals surface area contributed by atoms with Crippen molar-refractivity contribution in [1.82, 2.24) is 15.3 Å². The van der Waals surface area contributed by atoms with Crippen molar-refractivity contribution < 1.29 is 9.59 Å². The van der Waals surface area contributed by atoms with E-state index in [1.54, 1.807) is 12.4 Å². The summed E-state index contributed by atoms with van der Waals surface area (Å²) in [6.45, 7) is 0.109. The highest BCUT2D eigenvalue weighted by Gasteiger charge is 2.43. The zero-order chi connectivity index (χ0) is 14.1. The standard InChI is InChI=1S/C14H12N4O2/c1-2-8-18-14(20)17-10-9-16(13(19)12(17)15-18)11-6-4-3-5-7-11/h1,3-7,9-10,12,15H,8H2. The summed E-state index contributed by atoms with van der Waals surface area (Å²) < 4.78 is 0. The minimum Gasteiger partial charge on any atom is -0.283 e. The van der Waals surface area contributed by atoms with Gasteiger partial charge in [-0.2, -0.15) is 5.43 Å². The number of terminal acetylenes is 1. The molecule has 0 aromatic heterocycles. The molecule has 1 fully saturated rings. The predicted molar refractivity (Wildman–Crippen MR) is 72.8 cm³/mol. The van der Waals surface area contributed by atoms with Gasteiger partial charge in [0, 0.05) is 18.1 Å². The molecule has 100 valence electrons. The smallest absolute Gasteiger partial charge is 0.283 e. The van der Waals surface area contributed by atoms with Gasteiger partial charge in [-0.1, -0.05) is 24.1 Å². The molecular weight excluding hydrogens is 256 g/mol. The molecule has 0 saturated carbocycles. The van der Waals surface area contributed by atoms with E-state index in [0.717, 1.165) is 5.69 Å². The van der Waals surface area contributed by atoms with Crippen molar-refractivity contribution in [2.24, 2.45) is 0 Å². The average Bonchev–Trinajstić information content (AvgIpc) is 2.79. The molecule has 6 heteroatoms. The van der Waals surface area contributed by atoms with Crippen molar-refractivity contribution in [3.63, 3.8) is 0 Å². The van der Waals surface area contributed by atoms with E-state index in [1.165, 1.54) is 14.8 Å². The molecule has 3 rings (SSSR count). The fraction of sp³-hybridized carbons (Fsp3) is 0.143. The summed E-state index contributed by atoms with van der Waals surface area (Å²) in [7, 11) is 0. The second-order valence-electron chi connectivity index (χ2n) is 4.35. The quantitative estimate of drug-likeness (QED) is 0.804. The lowest BCUT2D eigenvalue weighted by Crippen LogP contribution is -2.51. The van der Waals surface area contributed by atoms with E-state index >= 15 is 0 Å². The van der Waals surface area contributed by atoms with Crippen molar-refractivity contribution in [1.29, 1.82) is 0 Å². The number of fused-ring (bicyclic) bond motifs is 1. The van der Waals surface area contributed by atoms with Crippen LogP contribution in [0.4, 0.5) is 10.5 Å². The van der Waals surface area contributed by atoms with Gasteiger partial charge in [0.1, 0.15) is 0 Å². The molecule has 1 aromatic rings. The molecule has 1 atom stereocenters. The lowest BCUT2D eigenvalue weighted by molar-refractivity contribution is -0.122. The first-order chi connectivity index (χ1) is 9.72. The van der Waals surface area contributed by atoms with E-state index in [-0.39, 0.29) is 18.5 Å². The van der Waals surface area contributed by atoms with Gasteiger partial charge in [-0.25, -0.2) is 9.80 Å². The molecule has 1 aromatic carbocycles.